The zero-order chi connectivity index (χ0) is 26.7. The fraction of sp³-hybridized carbons (Fsp3) is 0.429. The molecule has 1 fully saturated rings. The van der Waals surface area contributed by atoms with Gasteiger partial charge in [-0.2, -0.15) is 5.26 Å². The maximum absolute atomic E-state index is 12.0. The number of allylic oxidation sites excluding steroid dienone is 1. The van der Waals surface area contributed by atoms with E-state index in [9.17, 15) is 18.0 Å². The minimum atomic E-state index is -4.63. The third-order valence-corrected chi connectivity index (χ3v) is 5.64. The minimum Gasteiger partial charge on any atom is -0.490 e. The molecule has 0 N–H and O–H groups in total. The van der Waals surface area contributed by atoms with Crippen LogP contribution in [0.2, 0.25) is 0 Å². The summed E-state index contributed by atoms with van der Waals surface area (Å²) in [6.45, 7) is 12.3. The van der Waals surface area contributed by atoms with Crippen molar-refractivity contribution in [2.24, 2.45) is 5.92 Å². The van der Waals surface area contributed by atoms with Gasteiger partial charge in [0.15, 0.2) is 0 Å². The number of Topliss-reactive ketones (excluding diaryl/α,β-unsaturated/α-hetero) is 1. The molecule has 0 bridgehead atoms. The molecule has 1 aliphatic rings. The summed E-state index contributed by atoms with van der Waals surface area (Å²) in [5, 5.41) is 8.73. The summed E-state index contributed by atoms with van der Waals surface area (Å²) in [5.74, 6) is 0.432. The van der Waals surface area contributed by atoms with Gasteiger partial charge in [-0.1, -0.05) is 44.7 Å². The lowest BCUT2D eigenvalue weighted by Gasteiger charge is -2.21. The van der Waals surface area contributed by atoms with Crippen LogP contribution in [0.1, 0.15) is 62.8 Å². The summed E-state index contributed by atoms with van der Waals surface area (Å²) in [6, 6.07) is 15.3. The molecule has 0 aliphatic carbocycles. The second-order valence-corrected chi connectivity index (χ2v) is 8.70. The van der Waals surface area contributed by atoms with Crippen molar-refractivity contribution in [3.63, 3.8) is 0 Å². The number of ether oxygens (including phenoxy) is 2. The predicted octanol–water partition coefficient (Wildman–Crippen LogP) is 6.95. The molecule has 2 aromatic rings. The van der Waals surface area contributed by atoms with Crippen LogP contribution in [0.3, 0.4) is 0 Å². The lowest BCUT2D eigenvalue weighted by atomic mass is 9.91. The van der Waals surface area contributed by atoms with Crippen LogP contribution in [0, 0.1) is 17.2 Å². The fourth-order valence-corrected chi connectivity index (χ4v) is 4.02. The largest absolute Gasteiger partial charge is 0.573 e. The number of carbonyl (C=O) groups excluding carboxylic acids is 1. The van der Waals surface area contributed by atoms with Gasteiger partial charge in [0.25, 0.3) is 0 Å². The Morgan fingerprint density at radius 1 is 1.11 bits per heavy atom. The quantitative estimate of drug-likeness (QED) is 0.371. The molecule has 1 heterocycles. The molecule has 1 saturated heterocycles. The van der Waals surface area contributed by atoms with Gasteiger partial charge >= 0.3 is 6.36 Å². The predicted molar refractivity (Wildman–Crippen MR) is 132 cm³/mol. The van der Waals surface area contributed by atoms with Crippen molar-refractivity contribution in [1.29, 1.82) is 5.26 Å². The summed E-state index contributed by atoms with van der Waals surface area (Å²) in [4.78, 5) is 13.8. The van der Waals surface area contributed by atoms with Crippen LogP contribution in [0.25, 0.3) is 0 Å². The van der Waals surface area contributed by atoms with Crippen molar-refractivity contribution in [2.45, 2.75) is 59.0 Å². The number of rotatable bonds is 9. The molecule has 1 unspecified atom stereocenters. The van der Waals surface area contributed by atoms with Crippen LogP contribution in [-0.2, 0) is 16.1 Å². The second-order valence-electron chi connectivity index (χ2n) is 8.70. The standard InChI is InChI=1S/C14H20F3NO.C14H13NO2/c1-3-9-18(10-4-2)11-12-5-7-13(8-6-12)19-14(15,16)17;1-9-7-13(10(2)16)14(17-9)12-5-3-11(8-15)4-6-12/h5-8H,3-4,9-11H2,1-2H3;3-6,13-14H,1,7H2,2H3/t;13-,14?/m.1/s1. The van der Waals surface area contributed by atoms with Crippen LogP contribution in [0.5, 0.6) is 5.75 Å². The van der Waals surface area contributed by atoms with Crippen molar-refractivity contribution < 1.29 is 27.4 Å². The Morgan fingerprint density at radius 3 is 2.17 bits per heavy atom. The Hall–Kier alpha value is -3.31. The molecule has 3 rings (SSSR count). The van der Waals surface area contributed by atoms with Gasteiger partial charge in [-0.3, -0.25) is 9.69 Å². The number of nitrogens with zero attached hydrogens (tertiary/aromatic N) is 2. The highest BCUT2D eigenvalue weighted by Gasteiger charge is 2.35. The van der Waals surface area contributed by atoms with Gasteiger partial charge in [0.05, 0.1) is 23.3 Å². The maximum atomic E-state index is 12.0. The second kappa shape index (κ2) is 13.7. The van der Waals surface area contributed by atoms with E-state index in [2.05, 4.69) is 36.1 Å². The van der Waals surface area contributed by atoms with Crippen molar-refractivity contribution in [3.8, 4) is 11.8 Å². The number of benzene rings is 2. The van der Waals surface area contributed by atoms with Crippen molar-refractivity contribution >= 4 is 5.78 Å². The van der Waals surface area contributed by atoms with Gasteiger partial charge in [-0.25, -0.2) is 0 Å². The Kier molecular flexibility index (Phi) is 11.0. The molecule has 36 heavy (non-hydrogen) atoms. The first-order valence-electron chi connectivity index (χ1n) is 12.0. The van der Waals surface area contributed by atoms with Gasteiger partial charge in [0.1, 0.15) is 17.6 Å². The van der Waals surface area contributed by atoms with E-state index >= 15 is 0 Å². The average Bonchev–Trinajstić information content (AvgIpc) is 3.22. The molecule has 0 spiro atoms. The third-order valence-electron chi connectivity index (χ3n) is 5.64. The lowest BCUT2D eigenvalue weighted by Crippen LogP contribution is -2.24. The van der Waals surface area contributed by atoms with Crippen LogP contribution in [0.15, 0.2) is 60.9 Å². The van der Waals surface area contributed by atoms with Crippen molar-refractivity contribution in [3.05, 3.63) is 77.6 Å². The maximum Gasteiger partial charge on any atom is 0.573 e. The monoisotopic (exact) mass is 502 g/mol. The lowest BCUT2D eigenvalue weighted by molar-refractivity contribution is -0.274. The van der Waals surface area contributed by atoms with Crippen molar-refractivity contribution in [1.82, 2.24) is 4.90 Å². The molecule has 0 saturated carbocycles. The first-order valence-corrected chi connectivity index (χ1v) is 12.0. The topological polar surface area (TPSA) is 62.6 Å². The Labute approximate surface area is 211 Å². The minimum absolute atomic E-state index is 0.109. The summed E-state index contributed by atoms with van der Waals surface area (Å²) in [5.41, 5.74) is 2.52. The zero-order valence-electron chi connectivity index (χ0n) is 21.0. The molecular formula is C28H33F3N2O3. The third kappa shape index (κ3) is 9.38. The normalized spacial score (nSPS) is 17.1. The van der Waals surface area contributed by atoms with Crippen molar-refractivity contribution in [2.75, 3.05) is 13.1 Å². The smallest absolute Gasteiger partial charge is 0.490 e. The van der Waals surface area contributed by atoms with E-state index in [0.29, 0.717) is 17.7 Å². The molecule has 194 valence electrons. The molecule has 0 aromatic heterocycles. The number of alkyl halides is 3. The van der Waals surface area contributed by atoms with Gasteiger partial charge in [0, 0.05) is 13.0 Å². The molecule has 5 nitrogen and oxygen atoms in total. The Morgan fingerprint density at radius 2 is 1.69 bits per heavy atom. The Bertz CT molecular complexity index is 1020. The zero-order valence-corrected chi connectivity index (χ0v) is 21.0. The first-order chi connectivity index (χ1) is 17.1. The van der Waals surface area contributed by atoms with Crippen LogP contribution in [0.4, 0.5) is 13.2 Å². The molecule has 8 heteroatoms. The first kappa shape index (κ1) is 28.9. The van der Waals surface area contributed by atoms with Crippen LogP contribution in [-0.4, -0.2) is 30.1 Å². The Balaban J connectivity index is 0.000000255. The summed E-state index contributed by atoms with van der Waals surface area (Å²) in [6.07, 6.45) is -2.17. The average molecular weight is 503 g/mol. The fourth-order valence-electron chi connectivity index (χ4n) is 4.02. The number of hydrogen-bond acceptors (Lipinski definition) is 5. The van der Waals surface area contributed by atoms with Gasteiger partial charge in [0.2, 0.25) is 0 Å². The van der Waals surface area contributed by atoms with E-state index in [1.54, 1.807) is 31.2 Å². The van der Waals surface area contributed by atoms with Crippen LogP contribution < -0.4 is 4.74 Å². The molecule has 2 aromatic carbocycles. The van der Waals surface area contributed by atoms with Gasteiger partial charge in [-0.15, -0.1) is 13.2 Å². The van der Waals surface area contributed by atoms with E-state index < -0.39 is 6.36 Å². The molecule has 0 amide bonds. The number of nitriles is 1. The SMILES string of the molecule is C=C1C[C@H](C(C)=O)C(c2ccc(C#N)cc2)O1.CCCN(CCC)Cc1ccc(OC(F)(F)F)cc1. The molecular weight excluding hydrogens is 469 g/mol. The van der Waals surface area contributed by atoms with E-state index in [-0.39, 0.29) is 23.6 Å². The molecule has 2 atom stereocenters. The van der Waals surface area contributed by atoms with E-state index in [1.165, 1.54) is 12.1 Å². The van der Waals surface area contributed by atoms with E-state index in [0.717, 1.165) is 43.6 Å². The number of carbonyl (C=O) groups is 1. The summed E-state index contributed by atoms with van der Waals surface area (Å²) in [7, 11) is 0. The summed E-state index contributed by atoms with van der Waals surface area (Å²) < 4.78 is 45.5. The highest BCUT2D eigenvalue weighted by atomic mass is 19.4. The van der Waals surface area contributed by atoms with Gasteiger partial charge in [-0.05, 0) is 68.2 Å². The molecule has 1 aliphatic heterocycles. The number of ketones is 1. The van der Waals surface area contributed by atoms with Gasteiger partial charge < -0.3 is 9.47 Å². The highest BCUT2D eigenvalue weighted by molar-refractivity contribution is 5.79. The summed E-state index contributed by atoms with van der Waals surface area (Å²) >= 11 is 0. The number of hydrogen-bond donors (Lipinski definition) is 0. The van der Waals surface area contributed by atoms with Crippen LogP contribution >= 0.6 is 0 Å². The number of halogens is 3. The van der Waals surface area contributed by atoms with E-state index in [1.807, 2.05) is 12.1 Å². The van der Waals surface area contributed by atoms with E-state index in [4.69, 9.17) is 10.00 Å². The molecule has 0 radical (unpaired) electrons. The highest BCUT2D eigenvalue weighted by Crippen LogP contribution is 2.40.